The molecule has 0 saturated carbocycles. The summed E-state index contributed by atoms with van der Waals surface area (Å²) in [5.74, 6) is 0.469. The van der Waals surface area contributed by atoms with Crippen molar-refractivity contribution in [3.63, 3.8) is 0 Å². The standard InChI is InChI=1S/C20H33N3O2/c1-20(2,3)25-19(24)22-14-16-11-13-23(15-16)18(10-7-12-21)17-8-5-4-6-9-17/h4-6,8-9,16,18H,7,10-15,21H2,1-3H3,(H,22,24). The van der Waals surface area contributed by atoms with Crippen LogP contribution in [-0.2, 0) is 4.74 Å². The molecule has 1 aromatic rings. The lowest BCUT2D eigenvalue weighted by molar-refractivity contribution is 0.0519. The van der Waals surface area contributed by atoms with Crippen molar-refractivity contribution in [1.29, 1.82) is 0 Å². The first-order chi connectivity index (χ1) is 11.9. The molecule has 0 radical (unpaired) electrons. The number of nitrogens with one attached hydrogen (secondary N) is 1. The second-order valence-electron chi connectivity index (χ2n) is 7.89. The summed E-state index contributed by atoms with van der Waals surface area (Å²) >= 11 is 0. The number of nitrogens with two attached hydrogens (primary N) is 1. The maximum Gasteiger partial charge on any atom is 0.407 e. The molecule has 0 spiro atoms. The van der Waals surface area contributed by atoms with Crippen molar-refractivity contribution in [2.75, 3.05) is 26.2 Å². The van der Waals surface area contributed by atoms with E-state index >= 15 is 0 Å². The molecule has 1 heterocycles. The van der Waals surface area contributed by atoms with Gasteiger partial charge in [-0.05, 0) is 64.6 Å². The third kappa shape index (κ3) is 6.67. The summed E-state index contributed by atoms with van der Waals surface area (Å²) in [6, 6.07) is 11.1. The Morgan fingerprint density at radius 3 is 2.72 bits per heavy atom. The average Bonchev–Trinajstić information content (AvgIpc) is 3.01. The van der Waals surface area contributed by atoms with Crippen LogP contribution in [0, 0.1) is 5.92 Å². The Kier molecular flexibility index (Phi) is 7.26. The van der Waals surface area contributed by atoms with Gasteiger partial charge in [-0.2, -0.15) is 0 Å². The molecule has 5 nitrogen and oxygen atoms in total. The summed E-state index contributed by atoms with van der Waals surface area (Å²) in [6.07, 6.45) is 2.87. The second-order valence-corrected chi connectivity index (χ2v) is 7.89. The van der Waals surface area contributed by atoms with Crippen molar-refractivity contribution in [2.45, 2.75) is 51.7 Å². The van der Waals surface area contributed by atoms with Gasteiger partial charge in [0, 0.05) is 19.1 Å². The summed E-state index contributed by atoms with van der Waals surface area (Å²) in [6.45, 7) is 9.10. The lowest BCUT2D eigenvalue weighted by Crippen LogP contribution is -2.36. The first-order valence-corrected chi connectivity index (χ1v) is 9.35. The number of hydrogen-bond donors (Lipinski definition) is 2. The van der Waals surface area contributed by atoms with Crippen LogP contribution in [0.1, 0.15) is 51.6 Å². The van der Waals surface area contributed by atoms with Crippen LogP contribution in [0.2, 0.25) is 0 Å². The lowest BCUT2D eigenvalue weighted by Gasteiger charge is -2.28. The molecule has 0 bridgehead atoms. The summed E-state index contributed by atoms with van der Waals surface area (Å²) in [5, 5.41) is 2.92. The van der Waals surface area contributed by atoms with Gasteiger partial charge in [-0.15, -0.1) is 0 Å². The minimum absolute atomic E-state index is 0.325. The molecule has 25 heavy (non-hydrogen) atoms. The highest BCUT2D eigenvalue weighted by molar-refractivity contribution is 5.67. The molecule has 2 unspecified atom stereocenters. The molecule has 2 rings (SSSR count). The number of likely N-dealkylation sites (tertiary alicyclic amines) is 1. The van der Waals surface area contributed by atoms with Gasteiger partial charge < -0.3 is 15.8 Å². The Morgan fingerprint density at radius 2 is 2.08 bits per heavy atom. The van der Waals surface area contributed by atoms with Crippen molar-refractivity contribution in [3.05, 3.63) is 35.9 Å². The summed E-state index contributed by atoms with van der Waals surface area (Å²) < 4.78 is 5.32. The highest BCUT2D eigenvalue weighted by Crippen LogP contribution is 2.30. The highest BCUT2D eigenvalue weighted by Gasteiger charge is 2.29. The zero-order chi connectivity index (χ0) is 18.3. The Hall–Kier alpha value is -1.59. The van der Waals surface area contributed by atoms with Gasteiger partial charge in [0.25, 0.3) is 0 Å². The number of hydrogen-bond acceptors (Lipinski definition) is 4. The van der Waals surface area contributed by atoms with Crippen LogP contribution in [0.4, 0.5) is 4.79 Å². The molecule has 0 aromatic heterocycles. The van der Waals surface area contributed by atoms with Gasteiger partial charge in [0.2, 0.25) is 0 Å². The van der Waals surface area contributed by atoms with Gasteiger partial charge >= 0.3 is 6.09 Å². The molecule has 1 fully saturated rings. The zero-order valence-electron chi connectivity index (χ0n) is 15.8. The van der Waals surface area contributed by atoms with E-state index in [-0.39, 0.29) is 6.09 Å². The van der Waals surface area contributed by atoms with Crippen LogP contribution in [0.3, 0.4) is 0 Å². The van der Waals surface area contributed by atoms with Crippen LogP contribution in [0.5, 0.6) is 0 Å². The number of benzene rings is 1. The van der Waals surface area contributed by atoms with Crippen molar-refractivity contribution >= 4 is 6.09 Å². The van der Waals surface area contributed by atoms with E-state index in [4.69, 9.17) is 10.5 Å². The van der Waals surface area contributed by atoms with Gasteiger partial charge in [-0.3, -0.25) is 4.90 Å². The summed E-state index contributed by atoms with van der Waals surface area (Å²) in [5.41, 5.74) is 6.64. The minimum Gasteiger partial charge on any atom is -0.444 e. The van der Waals surface area contributed by atoms with E-state index in [0.29, 0.717) is 18.5 Å². The molecule has 1 aliphatic rings. The van der Waals surface area contributed by atoms with Crippen LogP contribution >= 0.6 is 0 Å². The maximum atomic E-state index is 11.8. The second kappa shape index (κ2) is 9.20. The Bertz CT molecular complexity index is 527. The van der Waals surface area contributed by atoms with E-state index in [0.717, 1.165) is 38.9 Å². The predicted molar refractivity (Wildman–Crippen MR) is 101 cm³/mol. The maximum absolute atomic E-state index is 11.8. The molecule has 3 N–H and O–H groups in total. The van der Waals surface area contributed by atoms with E-state index < -0.39 is 5.60 Å². The third-order valence-electron chi connectivity index (χ3n) is 4.56. The largest absolute Gasteiger partial charge is 0.444 e. The number of amides is 1. The number of nitrogens with zero attached hydrogens (tertiary/aromatic N) is 1. The minimum atomic E-state index is -0.452. The summed E-state index contributed by atoms with van der Waals surface area (Å²) in [4.78, 5) is 14.4. The van der Waals surface area contributed by atoms with Gasteiger partial charge in [0.1, 0.15) is 5.60 Å². The molecular formula is C20H33N3O2. The van der Waals surface area contributed by atoms with Crippen molar-refractivity contribution in [2.24, 2.45) is 11.7 Å². The van der Waals surface area contributed by atoms with E-state index in [9.17, 15) is 4.79 Å². The first-order valence-electron chi connectivity index (χ1n) is 9.35. The van der Waals surface area contributed by atoms with Crippen molar-refractivity contribution in [3.8, 4) is 0 Å². The fourth-order valence-electron chi connectivity index (χ4n) is 3.40. The van der Waals surface area contributed by atoms with Crippen LogP contribution < -0.4 is 11.1 Å². The molecule has 1 aromatic carbocycles. The number of carbonyl (C=O) groups excluding carboxylic acids is 1. The molecule has 1 amide bonds. The smallest absolute Gasteiger partial charge is 0.407 e. The van der Waals surface area contributed by atoms with Gasteiger partial charge in [-0.25, -0.2) is 4.79 Å². The molecule has 1 aliphatic heterocycles. The van der Waals surface area contributed by atoms with Crippen molar-refractivity contribution < 1.29 is 9.53 Å². The SMILES string of the molecule is CC(C)(C)OC(=O)NCC1CCN(C(CCCN)c2ccccc2)C1. The van der Waals surface area contributed by atoms with E-state index in [1.165, 1.54) is 5.56 Å². The normalized spacial score (nSPS) is 19.6. The van der Waals surface area contributed by atoms with Crippen LogP contribution in [-0.4, -0.2) is 42.8 Å². The van der Waals surface area contributed by atoms with E-state index in [1.807, 2.05) is 20.8 Å². The number of ether oxygens (including phenoxy) is 1. The zero-order valence-corrected chi connectivity index (χ0v) is 15.8. The molecule has 5 heteroatoms. The topological polar surface area (TPSA) is 67.6 Å². The molecule has 2 atom stereocenters. The van der Waals surface area contributed by atoms with Gasteiger partial charge in [-0.1, -0.05) is 30.3 Å². The van der Waals surface area contributed by atoms with Crippen molar-refractivity contribution in [1.82, 2.24) is 10.2 Å². The van der Waals surface area contributed by atoms with Crippen LogP contribution in [0.25, 0.3) is 0 Å². The average molecular weight is 348 g/mol. The predicted octanol–water partition coefficient (Wildman–Crippen LogP) is 3.31. The van der Waals surface area contributed by atoms with Crippen LogP contribution in [0.15, 0.2) is 30.3 Å². The Balaban J connectivity index is 1.87. The molecule has 140 valence electrons. The molecule has 0 aliphatic carbocycles. The fourth-order valence-corrected chi connectivity index (χ4v) is 3.40. The Morgan fingerprint density at radius 1 is 1.36 bits per heavy atom. The molecule has 1 saturated heterocycles. The number of carbonyl (C=O) groups is 1. The first kappa shape index (κ1) is 19.7. The monoisotopic (exact) mass is 347 g/mol. The number of alkyl carbamates (subject to hydrolysis) is 1. The Labute approximate surface area is 151 Å². The lowest BCUT2D eigenvalue weighted by atomic mass is 10.0. The van der Waals surface area contributed by atoms with Gasteiger partial charge in [0.05, 0.1) is 0 Å². The van der Waals surface area contributed by atoms with Gasteiger partial charge in [0.15, 0.2) is 0 Å². The fraction of sp³-hybridized carbons (Fsp3) is 0.650. The quantitative estimate of drug-likeness (QED) is 0.794. The summed E-state index contributed by atoms with van der Waals surface area (Å²) in [7, 11) is 0. The van der Waals surface area contributed by atoms with E-state index in [1.54, 1.807) is 0 Å². The highest BCUT2D eigenvalue weighted by atomic mass is 16.6. The number of rotatable bonds is 7. The third-order valence-corrected chi connectivity index (χ3v) is 4.56. The van der Waals surface area contributed by atoms with E-state index in [2.05, 4.69) is 40.5 Å². The molecular weight excluding hydrogens is 314 g/mol.